The van der Waals surface area contributed by atoms with Crippen LogP contribution in [0.5, 0.6) is 0 Å². The first-order valence-corrected chi connectivity index (χ1v) is 7.43. The van der Waals surface area contributed by atoms with Crippen molar-refractivity contribution in [2.24, 2.45) is 0 Å². The van der Waals surface area contributed by atoms with Gasteiger partial charge in [0, 0.05) is 13.1 Å². The highest BCUT2D eigenvalue weighted by Crippen LogP contribution is 2.15. The number of hydrogen-bond donors (Lipinski definition) is 1. The molecular formula is C14H27N3O2. The summed E-state index contributed by atoms with van der Waals surface area (Å²) in [5.74, 6) is 0.132. The smallest absolute Gasteiger partial charge is 0.248 e. The van der Waals surface area contributed by atoms with Crippen LogP contribution >= 0.6 is 0 Å². The number of likely N-dealkylation sites (tertiary alicyclic amines) is 1. The minimum atomic E-state index is 0.132. The molecule has 0 aliphatic carbocycles. The van der Waals surface area contributed by atoms with Crippen LogP contribution in [0.3, 0.4) is 0 Å². The fraction of sp³-hybridized carbons (Fsp3) is 0.929. The van der Waals surface area contributed by atoms with Gasteiger partial charge in [0.15, 0.2) is 0 Å². The lowest BCUT2D eigenvalue weighted by Crippen LogP contribution is -2.46. The van der Waals surface area contributed by atoms with Gasteiger partial charge in [0.05, 0.1) is 6.10 Å². The molecule has 0 unspecified atom stereocenters. The van der Waals surface area contributed by atoms with E-state index in [1.807, 2.05) is 11.9 Å². The topological polar surface area (TPSA) is 44.8 Å². The zero-order valence-electron chi connectivity index (χ0n) is 12.2. The number of carbonyl (C=O) groups excluding carboxylic acids is 1. The van der Waals surface area contributed by atoms with Crippen LogP contribution in [-0.4, -0.2) is 74.7 Å². The molecule has 110 valence electrons. The van der Waals surface area contributed by atoms with E-state index in [4.69, 9.17) is 4.74 Å². The fourth-order valence-electron chi connectivity index (χ4n) is 2.84. The molecule has 2 heterocycles. The standard InChI is InChI=1S/C14H27N3O2/c1-16-9-5-12(6-10-16)17(2)14(18)11-19-13-3-7-15-8-4-13/h12-13,15H,3-11H2,1-2H3. The molecule has 2 rings (SSSR count). The number of nitrogens with zero attached hydrogens (tertiary/aromatic N) is 2. The molecule has 0 spiro atoms. The van der Waals surface area contributed by atoms with Crippen molar-refractivity contribution in [2.75, 3.05) is 46.9 Å². The predicted octanol–water partition coefficient (Wildman–Crippen LogP) is 0.308. The fourth-order valence-corrected chi connectivity index (χ4v) is 2.84. The van der Waals surface area contributed by atoms with Crippen LogP contribution in [0.4, 0.5) is 0 Å². The summed E-state index contributed by atoms with van der Waals surface area (Å²) in [4.78, 5) is 16.4. The summed E-state index contributed by atoms with van der Waals surface area (Å²) >= 11 is 0. The third-order valence-electron chi connectivity index (χ3n) is 4.36. The zero-order valence-corrected chi connectivity index (χ0v) is 12.2. The second kappa shape index (κ2) is 7.22. The number of carbonyl (C=O) groups is 1. The quantitative estimate of drug-likeness (QED) is 0.798. The first kappa shape index (κ1) is 14.8. The maximum absolute atomic E-state index is 12.1. The van der Waals surface area contributed by atoms with E-state index in [1.165, 1.54) is 0 Å². The van der Waals surface area contributed by atoms with Gasteiger partial charge >= 0.3 is 0 Å². The van der Waals surface area contributed by atoms with Crippen LogP contribution in [0.15, 0.2) is 0 Å². The van der Waals surface area contributed by atoms with E-state index in [-0.39, 0.29) is 18.6 Å². The third-order valence-corrected chi connectivity index (χ3v) is 4.36. The molecule has 2 saturated heterocycles. The highest BCUT2D eigenvalue weighted by Gasteiger charge is 2.24. The monoisotopic (exact) mass is 269 g/mol. The second-order valence-electron chi connectivity index (χ2n) is 5.80. The Morgan fingerprint density at radius 3 is 2.53 bits per heavy atom. The SMILES string of the molecule is CN1CCC(N(C)C(=O)COC2CCNCC2)CC1. The molecule has 5 nitrogen and oxygen atoms in total. The van der Waals surface area contributed by atoms with Crippen LogP contribution in [0.1, 0.15) is 25.7 Å². The number of nitrogens with one attached hydrogen (secondary N) is 1. The summed E-state index contributed by atoms with van der Waals surface area (Å²) in [5.41, 5.74) is 0. The van der Waals surface area contributed by atoms with Gasteiger partial charge in [0.25, 0.3) is 0 Å². The van der Waals surface area contributed by atoms with Crippen molar-refractivity contribution < 1.29 is 9.53 Å². The van der Waals surface area contributed by atoms with E-state index in [0.29, 0.717) is 6.04 Å². The lowest BCUT2D eigenvalue weighted by molar-refractivity contribution is -0.140. The average Bonchev–Trinajstić information content (AvgIpc) is 2.46. The molecule has 0 radical (unpaired) electrons. The molecule has 19 heavy (non-hydrogen) atoms. The number of rotatable bonds is 4. The van der Waals surface area contributed by atoms with Gasteiger partial charge in [-0.3, -0.25) is 4.79 Å². The number of amides is 1. The van der Waals surface area contributed by atoms with Crippen molar-refractivity contribution >= 4 is 5.91 Å². The molecule has 0 saturated carbocycles. The van der Waals surface area contributed by atoms with E-state index in [0.717, 1.165) is 51.9 Å². The molecule has 2 fully saturated rings. The Kier molecular flexibility index (Phi) is 5.60. The highest BCUT2D eigenvalue weighted by atomic mass is 16.5. The molecule has 2 aliphatic rings. The van der Waals surface area contributed by atoms with Crippen LogP contribution in [-0.2, 0) is 9.53 Å². The second-order valence-corrected chi connectivity index (χ2v) is 5.80. The highest BCUT2D eigenvalue weighted by molar-refractivity contribution is 5.77. The van der Waals surface area contributed by atoms with Crippen molar-refractivity contribution in [1.82, 2.24) is 15.1 Å². The normalized spacial score (nSPS) is 23.5. The summed E-state index contributed by atoms with van der Waals surface area (Å²) in [6, 6.07) is 0.389. The lowest BCUT2D eigenvalue weighted by atomic mass is 10.0. The first-order chi connectivity index (χ1) is 9.16. The van der Waals surface area contributed by atoms with E-state index in [9.17, 15) is 4.79 Å². The molecule has 0 bridgehead atoms. The maximum Gasteiger partial charge on any atom is 0.248 e. The summed E-state index contributed by atoms with van der Waals surface area (Å²) in [7, 11) is 4.06. The van der Waals surface area contributed by atoms with E-state index in [2.05, 4.69) is 17.3 Å². The van der Waals surface area contributed by atoms with Gasteiger partial charge in [-0.25, -0.2) is 0 Å². The van der Waals surface area contributed by atoms with Crippen molar-refractivity contribution in [3.8, 4) is 0 Å². The number of piperidine rings is 2. The van der Waals surface area contributed by atoms with Crippen molar-refractivity contribution in [2.45, 2.75) is 37.8 Å². The molecule has 0 aromatic heterocycles. The van der Waals surface area contributed by atoms with Gasteiger partial charge < -0.3 is 19.9 Å². The summed E-state index contributed by atoms with van der Waals surface area (Å²) in [6.07, 6.45) is 4.45. The molecule has 0 aromatic rings. The van der Waals surface area contributed by atoms with Crippen molar-refractivity contribution in [3.63, 3.8) is 0 Å². The number of hydrogen-bond acceptors (Lipinski definition) is 4. The van der Waals surface area contributed by atoms with Crippen LogP contribution in [0.25, 0.3) is 0 Å². The summed E-state index contributed by atoms with van der Waals surface area (Å²) in [5, 5.41) is 3.30. The van der Waals surface area contributed by atoms with Gasteiger partial charge in [-0.1, -0.05) is 0 Å². The minimum absolute atomic E-state index is 0.132. The Morgan fingerprint density at radius 1 is 1.26 bits per heavy atom. The number of ether oxygens (including phenoxy) is 1. The largest absolute Gasteiger partial charge is 0.368 e. The lowest BCUT2D eigenvalue weighted by Gasteiger charge is -2.35. The molecule has 1 amide bonds. The van der Waals surface area contributed by atoms with Crippen LogP contribution < -0.4 is 5.32 Å². The number of likely N-dealkylation sites (N-methyl/N-ethyl adjacent to an activating group) is 1. The van der Waals surface area contributed by atoms with Gasteiger partial charge in [-0.05, 0) is 58.9 Å². The molecule has 0 atom stereocenters. The minimum Gasteiger partial charge on any atom is -0.368 e. The van der Waals surface area contributed by atoms with Crippen LogP contribution in [0.2, 0.25) is 0 Å². The van der Waals surface area contributed by atoms with Crippen LogP contribution in [0, 0.1) is 0 Å². The Morgan fingerprint density at radius 2 is 1.89 bits per heavy atom. The first-order valence-electron chi connectivity index (χ1n) is 7.43. The van der Waals surface area contributed by atoms with Gasteiger partial charge in [0.2, 0.25) is 5.91 Å². The van der Waals surface area contributed by atoms with E-state index in [1.54, 1.807) is 0 Å². The van der Waals surface area contributed by atoms with Gasteiger partial charge in [-0.2, -0.15) is 0 Å². The zero-order chi connectivity index (χ0) is 13.7. The average molecular weight is 269 g/mol. The Hall–Kier alpha value is -0.650. The molecule has 5 heteroatoms. The van der Waals surface area contributed by atoms with Gasteiger partial charge in [0.1, 0.15) is 6.61 Å². The third kappa shape index (κ3) is 4.44. The molecule has 1 N–H and O–H groups in total. The Bertz CT molecular complexity index is 284. The van der Waals surface area contributed by atoms with E-state index < -0.39 is 0 Å². The van der Waals surface area contributed by atoms with E-state index >= 15 is 0 Å². The van der Waals surface area contributed by atoms with Gasteiger partial charge in [-0.15, -0.1) is 0 Å². The van der Waals surface area contributed by atoms with Crippen molar-refractivity contribution in [1.29, 1.82) is 0 Å². The Labute approximate surface area is 116 Å². The maximum atomic E-state index is 12.1. The molecule has 0 aromatic carbocycles. The predicted molar refractivity (Wildman–Crippen MR) is 75.1 cm³/mol. The van der Waals surface area contributed by atoms with Crippen molar-refractivity contribution in [3.05, 3.63) is 0 Å². The molecular weight excluding hydrogens is 242 g/mol. The Balaban J connectivity index is 1.69. The summed E-state index contributed by atoms with van der Waals surface area (Å²) < 4.78 is 5.74. The summed E-state index contributed by atoms with van der Waals surface area (Å²) in [6.45, 7) is 4.41. The molecule has 2 aliphatic heterocycles.